The first-order valence-corrected chi connectivity index (χ1v) is 10.1. The monoisotopic (exact) mass is 405 g/mol. The summed E-state index contributed by atoms with van der Waals surface area (Å²) in [5.74, 6) is 0.851. The van der Waals surface area contributed by atoms with E-state index >= 15 is 0 Å². The maximum atomic E-state index is 11.0. The summed E-state index contributed by atoms with van der Waals surface area (Å²) in [6, 6.07) is 34.2. The van der Waals surface area contributed by atoms with E-state index in [0.29, 0.717) is 5.56 Å². The van der Waals surface area contributed by atoms with E-state index in [-0.39, 0.29) is 0 Å². The molecule has 0 atom stereocenters. The Labute approximate surface area is 182 Å². The van der Waals surface area contributed by atoms with Gasteiger partial charge in [0, 0.05) is 22.6 Å². The molecule has 4 aromatic carbocycles. The Balaban J connectivity index is 1.61. The number of para-hydroxylation sites is 1. The van der Waals surface area contributed by atoms with Gasteiger partial charge in [0.1, 0.15) is 12.0 Å². The number of carbonyl (C=O) groups excluding carboxylic acids is 1. The number of carbonyl (C=O) groups is 1. The van der Waals surface area contributed by atoms with Crippen molar-refractivity contribution < 1.29 is 9.53 Å². The van der Waals surface area contributed by atoms with Gasteiger partial charge in [0.25, 0.3) is 0 Å². The molecule has 4 aromatic rings. The summed E-state index contributed by atoms with van der Waals surface area (Å²) in [6.45, 7) is 0. The second kappa shape index (κ2) is 9.59. The van der Waals surface area contributed by atoms with E-state index in [1.54, 1.807) is 7.11 Å². The van der Waals surface area contributed by atoms with Crippen LogP contribution in [-0.2, 0) is 0 Å². The van der Waals surface area contributed by atoms with Crippen molar-refractivity contribution in [2.75, 3.05) is 12.0 Å². The Morgan fingerprint density at radius 1 is 0.581 bits per heavy atom. The highest BCUT2D eigenvalue weighted by Crippen LogP contribution is 2.34. The molecule has 0 N–H and O–H groups in total. The van der Waals surface area contributed by atoms with E-state index in [1.807, 2.05) is 66.7 Å². The van der Waals surface area contributed by atoms with Gasteiger partial charge in [-0.25, -0.2) is 0 Å². The first-order chi connectivity index (χ1) is 15.3. The van der Waals surface area contributed by atoms with Crippen LogP contribution in [0, 0.1) is 0 Å². The molecule has 0 bridgehead atoms. The van der Waals surface area contributed by atoms with Gasteiger partial charge in [0.2, 0.25) is 0 Å². The minimum Gasteiger partial charge on any atom is -0.497 e. The fraction of sp³-hybridized carbons (Fsp3) is 0.0357. The normalized spacial score (nSPS) is 10.7. The summed E-state index contributed by atoms with van der Waals surface area (Å²) >= 11 is 0. The largest absolute Gasteiger partial charge is 0.497 e. The molecule has 0 amide bonds. The highest BCUT2D eigenvalue weighted by atomic mass is 16.5. The van der Waals surface area contributed by atoms with E-state index in [9.17, 15) is 4.79 Å². The number of rotatable bonds is 7. The average Bonchev–Trinajstić information content (AvgIpc) is 2.85. The zero-order chi connectivity index (χ0) is 21.5. The third kappa shape index (κ3) is 4.90. The predicted octanol–water partition coefficient (Wildman–Crippen LogP) is 7.15. The van der Waals surface area contributed by atoms with E-state index in [0.717, 1.165) is 40.2 Å². The van der Waals surface area contributed by atoms with E-state index in [4.69, 9.17) is 4.74 Å². The average molecular weight is 405 g/mol. The zero-order valence-electron chi connectivity index (χ0n) is 17.3. The first kappa shape index (κ1) is 20.2. The topological polar surface area (TPSA) is 29.5 Å². The molecule has 0 saturated heterocycles. The first-order valence-electron chi connectivity index (χ1n) is 10.1. The van der Waals surface area contributed by atoms with E-state index < -0.39 is 0 Å². The number of methoxy groups -OCH3 is 1. The van der Waals surface area contributed by atoms with Gasteiger partial charge in [0.15, 0.2) is 0 Å². The molecule has 0 fully saturated rings. The van der Waals surface area contributed by atoms with Gasteiger partial charge in [-0.05, 0) is 71.8 Å². The van der Waals surface area contributed by atoms with Crippen molar-refractivity contribution in [3.8, 4) is 5.75 Å². The van der Waals surface area contributed by atoms with Gasteiger partial charge in [-0.3, -0.25) is 4.79 Å². The minimum atomic E-state index is 0.663. The van der Waals surface area contributed by atoms with Crippen LogP contribution in [-0.4, -0.2) is 13.4 Å². The number of hydrogen-bond acceptors (Lipinski definition) is 3. The molecule has 0 aliphatic rings. The minimum absolute atomic E-state index is 0.663. The van der Waals surface area contributed by atoms with Crippen molar-refractivity contribution in [1.82, 2.24) is 0 Å². The number of benzene rings is 4. The van der Waals surface area contributed by atoms with Crippen LogP contribution in [0.3, 0.4) is 0 Å². The van der Waals surface area contributed by atoms with Crippen LogP contribution in [0.15, 0.2) is 103 Å². The Hall–Kier alpha value is -4.11. The molecule has 0 aromatic heterocycles. The molecule has 0 aliphatic heterocycles. The van der Waals surface area contributed by atoms with Crippen molar-refractivity contribution in [1.29, 1.82) is 0 Å². The SMILES string of the molecule is COc1ccc(/C=C/c2ccc(N(c3ccccc3)c3ccc(C=O)cc3)cc2)cc1. The third-order valence-electron chi connectivity index (χ3n) is 5.04. The molecule has 3 heteroatoms. The summed E-state index contributed by atoms with van der Waals surface area (Å²) < 4.78 is 5.21. The third-order valence-corrected chi connectivity index (χ3v) is 5.04. The smallest absolute Gasteiger partial charge is 0.150 e. The maximum Gasteiger partial charge on any atom is 0.150 e. The van der Waals surface area contributed by atoms with Gasteiger partial charge >= 0.3 is 0 Å². The van der Waals surface area contributed by atoms with Gasteiger partial charge in [0.05, 0.1) is 7.11 Å². The summed E-state index contributed by atoms with van der Waals surface area (Å²) in [5, 5.41) is 0. The Kier molecular flexibility index (Phi) is 6.24. The second-order valence-corrected chi connectivity index (χ2v) is 7.08. The van der Waals surface area contributed by atoms with Crippen LogP contribution in [0.1, 0.15) is 21.5 Å². The van der Waals surface area contributed by atoms with E-state index in [2.05, 4.69) is 53.5 Å². The van der Waals surface area contributed by atoms with Crippen molar-refractivity contribution in [3.63, 3.8) is 0 Å². The van der Waals surface area contributed by atoms with E-state index in [1.165, 1.54) is 0 Å². The maximum absolute atomic E-state index is 11.0. The number of aldehydes is 1. The lowest BCUT2D eigenvalue weighted by molar-refractivity contribution is 0.112. The fourth-order valence-electron chi connectivity index (χ4n) is 3.37. The summed E-state index contributed by atoms with van der Waals surface area (Å²) in [5.41, 5.74) is 6.00. The molecule has 4 rings (SSSR count). The molecule has 0 spiro atoms. The quantitative estimate of drug-likeness (QED) is 0.242. The van der Waals surface area contributed by atoms with Crippen LogP contribution in [0.25, 0.3) is 12.2 Å². The number of hydrogen-bond donors (Lipinski definition) is 0. The molecule has 0 unspecified atom stereocenters. The Morgan fingerprint density at radius 3 is 1.52 bits per heavy atom. The predicted molar refractivity (Wildman–Crippen MR) is 128 cm³/mol. The highest BCUT2D eigenvalue weighted by molar-refractivity contribution is 5.81. The Morgan fingerprint density at radius 2 is 1.03 bits per heavy atom. The number of nitrogens with zero attached hydrogens (tertiary/aromatic N) is 1. The van der Waals surface area contributed by atoms with Crippen LogP contribution in [0.5, 0.6) is 5.75 Å². The van der Waals surface area contributed by atoms with Crippen molar-refractivity contribution >= 4 is 35.5 Å². The Bertz CT molecular complexity index is 1150. The lowest BCUT2D eigenvalue weighted by atomic mass is 10.1. The van der Waals surface area contributed by atoms with Crippen LogP contribution < -0.4 is 9.64 Å². The standard InChI is InChI=1S/C28H23NO2/c1-31-28-19-13-23(14-20-28)8-7-22-9-15-26(16-10-22)29(25-5-3-2-4-6-25)27-17-11-24(21-30)12-18-27/h2-21H,1H3/b8-7+. The summed E-state index contributed by atoms with van der Waals surface area (Å²) in [4.78, 5) is 13.2. The molecule has 0 radical (unpaired) electrons. The van der Waals surface area contributed by atoms with Crippen molar-refractivity contribution in [2.45, 2.75) is 0 Å². The molecule has 31 heavy (non-hydrogen) atoms. The van der Waals surface area contributed by atoms with Crippen LogP contribution >= 0.6 is 0 Å². The van der Waals surface area contributed by atoms with Gasteiger partial charge in [-0.2, -0.15) is 0 Å². The molecular formula is C28H23NO2. The molecule has 0 saturated carbocycles. The molecular weight excluding hydrogens is 382 g/mol. The fourth-order valence-corrected chi connectivity index (χ4v) is 3.37. The molecule has 0 heterocycles. The molecule has 0 aliphatic carbocycles. The van der Waals surface area contributed by atoms with Gasteiger partial charge in [-0.1, -0.05) is 54.6 Å². The van der Waals surface area contributed by atoms with Gasteiger partial charge < -0.3 is 9.64 Å². The molecule has 3 nitrogen and oxygen atoms in total. The summed E-state index contributed by atoms with van der Waals surface area (Å²) in [7, 11) is 1.67. The number of anilines is 3. The van der Waals surface area contributed by atoms with Crippen molar-refractivity contribution in [2.24, 2.45) is 0 Å². The lowest BCUT2D eigenvalue weighted by Crippen LogP contribution is -2.09. The van der Waals surface area contributed by atoms with Crippen LogP contribution in [0.4, 0.5) is 17.1 Å². The molecule has 152 valence electrons. The summed E-state index contributed by atoms with van der Waals surface area (Å²) in [6.07, 6.45) is 5.04. The van der Waals surface area contributed by atoms with Crippen LogP contribution in [0.2, 0.25) is 0 Å². The van der Waals surface area contributed by atoms with Gasteiger partial charge in [-0.15, -0.1) is 0 Å². The van der Waals surface area contributed by atoms with Crippen molar-refractivity contribution in [3.05, 3.63) is 120 Å². The second-order valence-electron chi connectivity index (χ2n) is 7.08. The zero-order valence-corrected chi connectivity index (χ0v) is 17.3. The number of ether oxygens (including phenoxy) is 1. The highest BCUT2D eigenvalue weighted by Gasteiger charge is 2.11. The lowest BCUT2D eigenvalue weighted by Gasteiger charge is -2.25.